The number of esters is 1. The third-order valence-corrected chi connectivity index (χ3v) is 3.86. The zero-order valence-electron chi connectivity index (χ0n) is 15.4. The van der Waals surface area contributed by atoms with Gasteiger partial charge in [0.25, 0.3) is 0 Å². The monoisotopic (exact) mass is 335 g/mol. The van der Waals surface area contributed by atoms with Crippen LogP contribution in [-0.2, 0) is 20.7 Å². The van der Waals surface area contributed by atoms with Crippen LogP contribution in [0.25, 0.3) is 0 Å². The standard InChI is InChI=1S/C19H29NO4/c1-14(2)12-18(21)20(13-15(3)19(22)24-5)11-10-16-6-8-17(23-4)9-7-16/h6-9,14-15H,10-13H2,1-5H3. The largest absolute Gasteiger partial charge is 0.497 e. The molecule has 0 aliphatic carbocycles. The van der Waals surface area contributed by atoms with Crippen molar-refractivity contribution in [1.29, 1.82) is 0 Å². The molecule has 0 aliphatic heterocycles. The zero-order chi connectivity index (χ0) is 18.1. The zero-order valence-corrected chi connectivity index (χ0v) is 15.4. The molecule has 24 heavy (non-hydrogen) atoms. The molecule has 0 spiro atoms. The maximum Gasteiger partial charge on any atom is 0.310 e. The number of amides is 1. The molecule has 1 aromatic rings. The van der Waals surface area contributed by atoms with Gasteiger partial charge in [0.15, 0.2) is 0 Å². The average molecular weight is 335 g/mol. The van der Waals surface area contributed by atoms with Crippen LogP contribution in [0.5, 0.6) is 5.75 Å². The Kier molecular flexibility index (Phi) is 8.30. The second kappa shape index (κ2) is 9.96. The molecule has 0 saturated heterocycles. The second-order valence-electron chi connectivity index (χ2n) is 6.46. The molecule has 5 nitrogen and oxygen atoms in total. The Balaban J connectivity index is 2.72. The summed E-state index contributed by atoms with van der Waals surface area (Å²) in [5, 5.41) is 0. The van der Waals surface area contributed by atoms with E-state index in [0.717, 1.165) is 17.7 Å². The molecule has 0 fully saturated rings. The minimum atomic E-state index is -0.332. The quantitative estimate of drug-likeness (QED) is 0.651. The summed E-state index contributed by atoms with van der Waals surface area (Å²) >= 11 is 0. The highest BCUT2D eigenvalue weighted by molar-refractivity contribution is 5.78. The van der Waals surface area contributed by atoms with Gasteiger partial charge in [-0.2, -0.15) is 0 Å². The summed E-state index contributed by atoms with van der Waals surface area (Å²) in [6.45, 7) is 6.79. The molecule has 0 saturated carbocycles. The minimum Gasteiger partial charge on any atom is -0.497 e. The van der Waals surface area contributed by atoms with Crippen LogP contribution in [0.1, 0.15) is 32.8 Å². The summed E-state index contributed by atoms with van der Waals surface area (Å²) < 4.78 is 9.92. The summed E-state index contributed by atoms with van der Waals surface area (Å²) in [6.07, 6.45) is 1.22. The van der Waals surface area contributed by atoms with Crippen molar-refractivity contribution in [2.45, 2.75) is 33.6 Å². The molecule has 5 heteroatoms. The fourth-order valence-electron chi connectivity index (χ4n) is 2.46. The van der Waals surface area contributed by atoms with E-state index in [-0.39, 0.29) is 23.7 Å². The lowest BCUT2D eigenvalue weighted by atomic mass is 10.1. The van der Waals surface area contributed by atoms with E-state index in [4.69, 9.17) is 9.47 Å². The summed E-state index contributed by atoms with van der Waals surface area (Å²) in [7, 11) is 3.01. The van der Waals surface area contributed by atoms with Crippen LogP contribution >= 0.6 is 0 Å². The normalized spacial score (nSPS) is 11.9. The van der Waals surface area contributed by atoms with E-state index < -0.39 is 0 Å². The molecule has 134 valence electrons. The molecule has 0 bridgehead atoms. The molecule has 0 aromatic heterocycles. The van der Waals surface area contributed by atoms with Crippen LogP contribution in [-0.4, -0.2) is 44.1 Å². The molecular formula is C19H29NO4. The van der Waals surface area contributed by atoms with Gasteiger partial charge in [-0.15, -0.1) is 0 Å². The van der Waals surface area contributed by atoms with Gasteiger partial charge in [-0.05, 0) is 30.0 Å². The maximum absolute atomic E-state index is 12.5. The topological polar surface area (TPSA) is 55.8 Å². The third-order valence-electron chi connectivity index (χ3n) is 3.86. The summed E-state index contributed by atoms with van der Waals surface area (Å²) in [4.78, 5) is 25.9. The smallest absolute Gasteiger partial charge is 0.310 e. The Morgan fingerprint density at radius 3 is 2.21 bits per heavy atom. The van der Waals surface area contributed by atoms with Gasteiger partial charge < -0.3 is 14.4 Å². The van der Waals surface area contributed by atoms with Crippen molar-refractivity contribution >= 4 is 11.9 Å². The van der Waals surface area contributed by atoms with Crippen molar-refractivity contribution < 1.29 is 19.1 Å². The number of hydrogen-bond acceptors (Lipinski definition) is 4. The highest BCUT2D eigenvalue weighted by Gasteiger charge is 2.21. The fraction of sp³-hybridized carbons (Fsp3) is 0.579. The molecule has 1 atom stereocenters. The van der Waals surface area contributed by atoms with Gasteiger partial charge >= 0.3 is 5.97 Å². The molecule has 1 amide bonds. The van der Waals surface area contributed by atoms with Crippen molar-refractivity contribution in [3.05, 3.63) is 29.8 Å². The summed E-state index contributed by atoms with van der Waals surface area (Å²) in [5.74, 6) is 0.554. The lowest BCUT2D eigenvalue weighted by Gasteiger charge is -2.26. The van der Waals surface area contributed by atoms with Crippen molar-refractivity contribution in [2.75, 3.05) is 27.3 Å². The number of methoxy groups -OCH3 is 2. The lowest BCUT2D eigenvalue weighted by Crippen LogP contribution is -2.39. The van der Waals surface area contributed by atoms with Crippen molar-refractivity contribution in [3.63, 3.8) is 0 Å². The van der Waals surface area contributed by atoms with Crippen LogP contribution < -0.4 is 4.74 Å². The maximum atomic E-state index is 12.5. The van der Waals surface area contributed by atoms with Crippen LogP contribution in [0.3, 0.4) is 0 Å². The number of carbonyl (C=O) groups excluding carboxylic acids is 2. The number of ether oxygens (including phenoxy) is 2. The van der Waals surface area contributed by atoms with Crippen LogP contribution in [0.2, 0.25) is 0 Å². The average Bonchev–Trinajstić information content (AvgIpc) is 2.57. The fourth-order valence-corrected chi connectivity index (χ4v) is 2.46. The molecule has 1 aromatic carbocycles. The van der Waals surface area contributed by atoms with Crippen LogP contribution in [0.15, 0.2) is 24.3 Å². The molecule has 1 rings (SSSR count). The molecule has 0 aliphatic rings. The Labute approximate surface area is 144 Å². The van der Waals surface area contributed by atoms with Gasteiger partial charge in [0.2, 0.25) is 5.91 Å². The van der Waals surface area contributed by atoms with Crippen molar-refractivity contribution in [1.82, 2.24) is 4.90 Å². The third kappa shape index (κ3) is 6.60. The summed E-state index contributed by atoms with van der Waals surface area (Å²) in [5.41, 5.74) is 1.13. The van der Waals surface area contributed by atoms with E-state index in [0.29, 0.717) is 19.5 Å². The number of benzene rings is 1. The van der Waals surface area contributed by atoms with Crippen LogP contribution in [0.4, 0.5) is 0 Å². The molecular weight excluding hydrogens is 306 g/mol. The van der Waals surface area contributed by atoms with E-state index in [2.05, 4.69) is 0 Å². The van der Waals surface area contributed by atoms with Crippen molar-refractivity contribution in [3.8, 4) is 5.75 Å². The second-order valence-corrected chi connectivity index (χ2v) is 6.46. The Morgan fingerprint density at radius 1 is 1.08 bits per heavy atom. The predicted octanol–water partition coefficient (Wildman–Crippen LogP) is 2.92. The van der Waals surface area contributed by atoms with E-state index in [1.807, 2.05) is 38.1 Å². The van der Waals surface area contributed by atoms with E-state index in [1.54, 1.807) is 18.9 Å². The first kappa shape index (κ1) is 20.0. The Hall–Kier alpha value is -2.04. The summed E-state index contributed by atoms with van der Waals surface area (Å²) in [6, 6.07) is 7.81. The Morgan fingerprint density at radius 2 is 1.71 bits per heavy atom. The van der Waals surface area contributed by atoms with E-state index >= 15 is 0 Å². The first-order chi connectivity index (χ1) is 11.4. The predicted molar refractivity (Wildman–Crippen MR) is 93.9 cm³/mol. The first-order valence-electron chi connectivity index (χ1n) is 8.35. The molecule has 0 heterocycles. The highest BCUT2D eigenvalue weighted by Crippen LogP contribution is 2.14. The Bertz CT molecular complexity index is 525. The van der Waals surface area contributed by atoms with Crippen molar-refractivity contribution in [2.24, 2.45) is 11.8 Å². The van der Waals surface area contributed by atoms with Gasteiger partial charge in [-0.1, -0.05) is 32.9 Å². The van der Waals surface area contributed by atoms with Crippen LogP contribution in [0, 0.1) is 11.8 Å². The van der Waals surface area contributed by atoms with Gasteiger partial charge in [-0.25, -0.2) is 0 Å². The number of carbonyl (C=O) groups is 2. The number of hydrogen-bond donors (Lipinski definition) is 0. The number of rotatable bonds is 9. The minimum absolute atomic E-state index is 0.0780. The van der Waals surface area contributed by atoms with E-state index in [1.165, 1.54) is 7.11 Å². The molecule has 0 N–H and O–H groups in total. The van der Waals surface area contributed by atoms with E-state index in [9.17, 15) is 9.59 Å². The van der Waals surface area contributed by atoms with Gasteiger partial charge in [-0.3, -0.25) is 9.59 Å². The molecule has 1 unspecified atom stereocenters. The van der Waals surface area contributed by atoms with Gasteiger partial charge in [0.05, 0.1) is 20.1 Å². The lowest BCUT2D eigenvalue weighted by molar-refractivity contribution is -0.146. The number of nitrogens with zero attached hydrogens (tertiary/aromatic N) is 1. The van der Waals surface area contributed by atoms with Gasteiger partial charge in [0, 0.05) is 19.5 Å². The highest BCUT2D eigenvalue weighted by atomic mass is 16.5. The van der Waals surface area contributed by atoms with Gasteiger partial charge in [0.1, 0.15) is 5.75 Å². The molecule has 0 radical (unpaired) electrons. The first-order valence-corrected chi connectivity index (χ1v) is 8.35. The SMILES string of the molecule is COC(=O)C(C)CN(CCc1ccc(OC)cc1)C(=O)CC(C)C.